The molecule has 0 radical (unpaired) electrons. The van der Waals surface area contributed by atoms with Gasteiger partial charge in [-0.15, -0.1) is 11.3 Å². The van der Waals surface area contributed by atoms with Crippen LogP contribution in [-0.4, -0.2) is 76.7 Å². The molecule has 238 valence electrons. The molecule has 2 saturated heterocycles. The van der Waals surface area contributed by atoms with E-state index in [-0.39, 0.29) is 29.8 Å². The van der Waals surface area contributed by atoms with Gasteiger partial charge in [0.25, 0.3) is 5.56 Å². The largest absolute Gasteiger partial charge is 0.388 e. The molecule has 7 rings (SSSR count). The first-order valence-electron chi connectivity index (χ1n) is 15.9. The third kappa shape index (κ3) is 6.14. The van der Waals surface area contributed by atoms with Crippen molar-refractivity contribution in [3.8, 4) is 10.6 Å². The minimum atomic E-state index is -1.07. The Labute approximate surface area is 272 Å². The van der Waals surface area contributed by atoms with Gasteiger partial charge in [-0.25, -0.2) is 9.97 Å². The van der Waals surface area contributed by atoms with Crippen LogP contribution in [0.2, 0.25) is 0 Å². The van der Waals surface area contributed by atoms with Crippen molar-refractivity contribution in [3.05, 3.63) is 99.9 Å². The Morgan fingerprint density at radius 3 is 2.59 bits per heavy atom. The maximum atomic E-state index is 14.1. The second kappa shape index (κ2) is 12.5. The Balaban J connectivity index is 1.02. The van der Waals surface area contributed by atoms with Crippen LogP contribution < -0.4 is 5.56 Å². The number of hydrogen-bond donors (Lipinski definition) is 1. The van der Waals surface area contributed by atoms with Gasteiger partial charge in [-0.2, -0.15) is 0 Å². The van der Waals surface area contributed by atoms with Gasteiger partial charge in [0.05, 0.1) is 17.5 Å². The van der Waals surface area contributed by atoms with Gasteiger partial charge < -0.3 is 14.6 Å². The maximum absolute atomic E-state index is 14.1. The van der Waals surface area contributed by atoms with Gasteiger partial charge >= 0.3 is 0 Å². The number of benzene rings is 1. The van der Waals surface area contributed by atoms with Crippen LogP contribution in [0.1, 0.15) is 41.3 Å². The van der Waals surface area contributed by atoms with Crippen LogP contribution in [0.3, 0.4) is 0 Å². The first-order chi connectivity index (χ1) is 22.3. The molecule has 0 saturated carbocycles. The number of rotatable bonds is 7. The van der Waals surface area contributed by atoms with Crippen molar-refractivity contribution in [2.24, 2.45) is 13.0 Å². The number of likely N-dealkylation sites (tertiary alicyclic amines) is 2. The summed E-state index contributed by atoms with van der Waals surface area (Å²) >= 11 is 1.70. The molecule has 46 heavy (non-hydrogen) atoms. The number of thiazole rings is 1. The summed E-state index contributed by atoms with van der Waals surface area (Å²) in [6, 6.07) is 16.2. The number of nitrogens with zero attached hydrogens (tertiary/aromatic N) is 7. The van der Waals surface area contributed by atoms with E-state index in [4.69, 9.17) is 0 Å². The van der Waals surface area contributed by atoms with Crippen LogP contribution >= 0.6 is 11.3 Å². The molecule has 0 unspecified atom stereocenters. The van der Waals surface area contributed by atoms with Crippen LogP contribution in [0.4, 0.5) is 0 Å². The standard InChI is InChI=1S/C35H39N7O3S/c1-24-8-9-26(18-36-24)32-37-19-27(46-32)20-40-15-11-28(30(21-40)25-6-4-3-5-7-25)33(43)41-16-12-35(45,13-17-41)22-42-23-38-31-29(34(42)44)10-14-39(31)2/h3-10,14,18-19,23,28,30,45H,11-13,15-17,20-22H2,1-2H3/t28-,30+/m1/s1. The molecule has 4 aromatic heterocycles. The van der Waals surface area contributed by atoms with E-state index < -0.39 is 5.60 Å². The molecule has 2 fully saturated rings. The highest BCUT2D eigenvalue weighted by Gasteiger charge is 2.41. The summed E-state index contributed by atoms with van der Waals surface area (Å²) in [6.45, 7) is 5.48. The lowest BCUT2D eigenvalue weighted by atomic mass is 9.79. The zero-order valence-corrected chi connectivity index (χ0v) is 27.1. The molecule has 1 N–H and O–H groups in total. The minimum absolute atomic E-state index is 0.0687. The van der Waals surface area contributed by atoms with E-state index in [0.717, 1.165) is 42.3 Å². The van der Waals surface area contributed by atoms with Crippen molar-refractivity contribution in [2.75, 3.05) is 26.2 Å². The Bertz CT molecular complexity index is 1890. The number of aryl methyl sites for hydroxylation is 2. The molecule has 6 heterocycles. The minimum Gasteiger partial charge on any atom is -0.388 e. The molecular weight excluding hydrogens is 598 g/mol. The lowest BCUT2D eigenvalue weighted by Crippen LogP contribution is -2.53. The number of aliphatic hydroxyl groups is 1. The Hall–Kier alpha value is -4.19. The van der Waals surface area contributed by atoms with Gasteiger partial charge in [-0.05, 0) is 56.5 Å². The highest BCUT2D eigenvalue weighted by molar-refractivity contribution is 7.15. The number of fused-ring (bicyclic) bond motifs is 1. The van der Waals surface area contributed by atoms with E-state index in [1.54, 1.807) is 17.4 Å². The predicted octanol–water partition coefficient (Wildman–Crippen LogP) is 4.22. The van der Waals surface area contributed by atoms with Crippen molar-refractivity contribution in [1.29, 1.82) is 0 Å². The van der Waals surface area contributed by atoms with E-state index in [1.807, 2.05) is 66.3 Å². The quantitative estimate of drug-likeness (QED) is 0.285. The maximum Gasteiger partial charge on any atom is 0.262 e. The normalized spacial score (nSPS) is 20.3. The average molecular weight is 638 g/mol. The van der Waals surface area contributed by atoms with Crippen LogP contribution in [0, 0.1) is 12.8 Å². The van der Waals surface area contributed by atoms with Crippen molar-refractivity contribution >= 4 is 28.3 Å². The third-order valence-corrected chi connectivity index (χ3v) is 10.7. The summed E-state index contributed by atoms with van der Waals surface area (Å²) in [7, 11) is 1.85. The summed E-state index contributed by atoms with van der Waals surface area (Å²) in [4.78, 5) is 46.2. The van der Waals surface area contributed by atoms with Crippen molar-refractivity contribution in [1.82, 2.24) is 33.9 Å². The van der Waals surface area contributed by atoms with Gasteiger partial charge in [0, 0.05) is 79.8 Å². The third-order valence-electron chi connectivity index (χ3n) is 9.65. The average Bonchev–Trinajstić information content (AvgIpc) is 3.70. The highest BCUT2D eigenvalue weighted by atomic mass is 32.1. The second-order valence-electron chi connectivity index (χ2n) is 12.9. The number of amides is 1. The van der Waals surface area contributed by atoms with E-state index >= 15 is 0 Å². The lowest BCUT2D eigenvalue weighted by Gasteiger charge is -2.43. The van der Waals surface area contributed by atoms with Gasteiger partial charge in [0.1, 0.15) is 17.0 Å². The van der Waals surface area contributed by atoms with Crippen molar-refractivity contribution in [3.63, 3.8) is 0 Å². The van der Waals surface area contributed by atoms with Crippen LogP contribution in [0.5, 0.6) is 0 Å². The number of carbonyl (C=O) groups excluding carboxylic acids is 1. The smallest absolute Gasteiger partial charge is 0.262 e. The summed E-state index contributed by atoms with van der Waals surface area (Å²) in [5.74, 6) is 0.0963. The summed E-state index contributed by atoms with van der Waals surface area (Å²) in [5.41, 5.74) is 2.59. The molecule has 0 aliphatic carbocycles. The van der Waals surface area contributed by atoms with Gasteiger partial charge in [-0.3, -0.25) is 24.0 Å². The van der Waals surface area contributed by atoms with Gasteiger partial charge in [0.15, 0.2) is 0 Å². The monoisotopic (exact) mass is 637 g/mol. The number of carbonyl (C=O) groups is 1. The molecule has 10 nitrogen and oxygen atoms in total. The molecule has 1 aromatic carbocycles. The highest BCUT2D eigenvalue weighted by Crippen LogP contribution is 2.37. The Morgan fingerprint density at radius 1 is 1.02 bits per heavy atom. The fraction of sp³-hybridized carbons (Fsp3) is 0.400. The van der Waals surface area contributed by atoms with Gasteiger partial charge in [-0.1, -0.05) is 30.3 Å². The molecule has 0 spiro atoms. The summed E-state index contributed by atoms with van der Waals surface area (Å²) in [5, 5.41) is 13.0. The number of hydrogen-bond acceptors (Lipinski definition) is 8. The second-order valence-corrected chi connectivity index (χ2v) is 14.0. The molecule has 2 aliphatic rings. The Kier molecular flexibility index (Phi) is 8.31. The van der Waals surface area contributed by atoms with Crippen LogP contribution in [-0.2, 0) is 24.9 Å². The van der Waals surface area contributed by atoms with E-state index in [0.29, 0.717) is 37.0 Å². The molecule has 0 bridgehead atoms. The zero-order valence-electron chi connectivity index (χ0n) is 26.2. The van der Waals surface area contributed by atoms with E-state index in [9.17, 15) is 14.7 Å². The van der Waals surface area contributed by atoms with E-state index in [1.165, 1.54) is 21.3 Å². The lowest BCUT2D eigenvalue weighted by molar-refractivity contribution is -0.142. The summed E-state index contributed by atoms with van der Waals surface area (Å²) in [6.07, 6.45) is 8.77. The first-order valence-corrected chi connectivity index (χ1v) is 16.7. The van der Waals surface area contributed by atoms with Crippen molar-refractivity contribution in [2.45, 2.75) is 50.8 Å². The molecule has 2 atom stereocenters. The van der Waals surface area contributed by atoms with Crippen molar-refractivity contribution < 1.29 is 9.90 Å². The molecular formula is C35H39N7O3S. The molecule has 1 amide bonds. The molecule has 11 heteroatoms. The first kappa shape index (κ1) is 30.5. The fourth-order valence-electron chi connectivity index (χ4n) is 6.97. The predicted molar refractivity (Wildman–Crippen MR) is 178 cm³/mol. The van der Waals surface area contributed by atoms with Crippen LogP contribution in [0.25, 0.3) is 21.6 Å². The Morgan fingerprint density at radius 2 is 1.83 bits per heavy atom. The van der Waals surface area contributed by atoms with Gasteiger partial charge in [0.2, 0.25) is 5.91 Å². The molecule has 5 aromatic rings. The van der Waals surface area contributed by atoms with Crippen LogP contribution in [0.15, 0.2) is 78.2 Å². The number of pyridine rings is 1. The van der Waals surface area contributed by atoms with E-state index in [2.05, 4.69) is 38.1 Å². The number of piperidine rings is 2. The summed E-state index contributed by atoms with van der Waals surface area (Å²) < 4.78 is 3.32. The fourth-order valence-corrected chi connectivity index (χ4v) is 7.92. The SMILES string of the molecule is Cc1ccc(-c2ncc(CN3CC[C@@H](C(=O)N4CCC(O)(Cn5cnc6c(ccn6C)c5=O)CC4)[C@H](c4ccccc4)C3)s2)cn1. The topological polar surface area (TPSA) is 109 Å². The molecule has 2 aliphatic heterocycles. The zero-order chi connectivity index (χ0) is 31.8. The number of aromatic nitrogens is 5.